The number of benzene rings is 2. The molecular formula is C21H24N4O2S. The lowest BCUT2D eigenvalue weighted by Crippen LogP contribution is -2.48. The van der Waals surface area contributed by atoms with Crippen LogP contribution in [-0.2, 0) is 0 Å². The monoisotopic (exact) mass is 396 g/mol. The van der Waals surface area contributed by atoms with Crippen molar-refractivity contribution in [3.05, 3.63) is 54.1 Å². The molecule has 3 aromatic rings. The van der Waals surface area contributed by atoms with E-state index in [1.54, 1.807) is 30.6 Å². The second-order valence-electron chi connectivity index (χ2n) is 6.75. The molecule has 1 saturated heterocycles. The number of nitrogens with one attached hydrogen (secondary N) is 1. The molecule has 0 aliphatic carbocycles. The highest BCUT2D eigenvalue weighted by atomic mass is 32.1. The number of para-hydroxylation sites is 2. The van der Waals surface area contributed by atoms with Gasteiger partial charge in [-0.05, 0) is 24.3 Å². The Morgan fingerprint density at radius 1 is 1.11 bits per heavy atom. The normalized spacial score (nSPS) is 15.0. The second kappa shape index (κ2) is 8.58. The Morgan fingerprint density at radius 3 is 2.64 bits per heavy atom. The highest BCUT2D eigenvalue weighted by molar-refractivity contribution is 7.22. The number of aromatic nitrogens is 1. The predicted molar refractivity (Wildman–Crippen MR) is 114 cm³/mol. The van der Waals surface area contributed by atoms with E-state index in [2.05, 4.69) is 33.3 Å². The Labute approximate surface area is 168 Å². The lowest BCUT2D eigenvalue weighted by Gasteiger charge is -2.34. The fraction of sp³-hybridized carbons (Fsp3) is 0.333. The molecule has 0 bridgehead atoms. The Morgan fingerprint density at radius 2 is 1.86 bits per heavy atom. The van der Waals surface area contributed by atoms with Crippen LogP contribution in [0.25, 0.3) is 10.2 Å². The summed E-state index contributed by atoms with van der Waals surface area (Å²) in [6.07, 6.45) is 0. The number of thiazole rings is 1. The molecule has 7 heteroatoms. The number of methoxy groups -OCH3 is 1. The summed E-state index contributed by atoms with van der Waals surface area (Å²) in [6, 6.07) is 15.6. The van der Waals surface area contributed by atoms with E-state index < -0.39 is 0 Å². The van der Waals surface area contributed by atoms with Gasteiger partial charge in [-0.2, -0.15) is 0 Å². The van der Waals surface area contributed by atoms with Gasteiger partial charge in [-0.1, -0.05) is 35.6 Å². The van der Waals surface area contributed by atoms with Gasteiger partial charge in [-0.15, -0.1) is 0 Å². The van der Waals surface area contributed by atoms with Crippen LogP contribution in [0.15, 0.2) is 48.5 Å². The molecule has 6 nitrogen and oxygen atoms in total. The molecule has 0 spiro atoms. The third-order valence-electron chi connectivity index (χ3n) is 4.99. The topological polar surface area (TPSA) is 57.7 Å². The third-order valence-corrected chi connectivity index (χ3v) is 6.09. The lowest BCUT2D eigenvalue weighted by atomic mass is 10.2. The molecule has 0 saturated carbocycles. The van der Waals surface area contributed by atoms with Crippen molar-refractivity contribution in [2.75, 3.05) is 51.3 Å². The smallest absolute Gasteiger partial charge is 0.255 e. The van der Waals surface area contributed by atoms with Crippen LogP contribution in [0, 0.1) is 0 Å². The van der Waals surface area contributed by atoms with E-state index in [-0.39, 0.29) is 5.91 Å². The molecule has 2 aromatic carbocycles. The maximum atomic E-state index is 12.4. The molecule has 1 aliphatic heterocycles. The summed E-state index contributed by atoms with van der Waals surface area (Å²) in [5, 5.41) is 4.10. The highest BCUT2D eigenvalue weighted by Gasteiger charge is 2.20. The molecule has 1 aromatic heterocycles. The molecular weight excluding hydrogens is 372 g/mol. The summed E-state index contributed by atoms with van der Waals surface area (Å²) in [6.45, 7) is 5.33. The van der Waals surface area contributed by atoms with Crippen LogP contribution in [0.5, 0.6) is 5.75 Å². The minimum atomic E-state index is -0.0921. The molecule has 1 fully saturated rings. The van der Waals surface area contributed by atoms with Crippen LogP contribution >= 0.6 is 11.3 Å². The predicted octanol–water partition coefficient (Wildman–Crippen LogP) is 2.86. The number of ether oxygens (including phenoxy) is 1. The molecule has 4 rings (SSSR count). The number of carbonyl (C=O) groups is 1. The maximum absolute atomic E-state index is 12.4. The first-order chi connectivity index (χ1) is 13.7. The van der Waals surface area contributed by atoms with Crippen molar-refractivity contribution < 1.29 is 9.53 Å². The van der Waals surface area contributed by atoms with Gasteiger partial charge in [-0.25, -0.2) is 4.98 Å². The van der Waals surface area contributed by atoms with Gasteiger partial charge in [0.25, 0.3) is 5.91 Å². The van der Waals surface area contributed by atoms with Crippen LogP contribution in [0.1, 0.15) is 10.4 Å². The van der Waals surface area contributed by atoms with E-state index in [1.165, 1.54) is 4.70 Å². The summed E-state index contributed by atoms with van der Waals surface area (Å²) in [4.78, 5) is 21.9. The van der Waals surface area contributed by atoms with Gasteiger partial charge < -0.3 is 15.0 Å². The molecule has 2 heterocycles. The van der Waals surface area contributed by atoms with E-state index in [4.69, 9.17) is 9.72 Å². The molecule has 1 amide bonds. The van der Waals surface area contributed by atoms with E-state index in [0.717, 1.165) is 43.4 Å². The minimum absolute atomic E-state index is 0.0921. The molecule has 28 heavy (non-hydrogen) atoms. The van der Waals surface area contributed by atoms with Crippen molar-refractivity contribution >= 4 is 32.6 Å². The SMILES string of the molecule is COc1ccccc1C(=O)NCCN1CCN(c2nc3ccccc3s2)CC1. The Balaban J connectivity index is 1.25. The van der Waals surface area contributed by atoms with Crippen molar-refractivity contribution in [2.45, 2.75) is 0 Å². The largest absolute Gasteiger partial charge is 0.496 e. The molecule has 0 atom stereocenters. The number of hydrogen-bond acceptors (Lipinski definition) is 6. The number of hydrogen-bond donors (Lipinski definition) is 1. The number of carbonyl (C=O) groups excluding carboxylic acids is 1. The number of nitrogens with zero attached hydrogens (tertiary/aromatic N) is 3. The quantitative estimate of drug-likeness (QED) is 0.694. The van der Waals surface area contributed by atoms with E-state index >= 15 is 0 Å². The molecule has 0 unspecified atom stereocenters. The maximum Gasteiger partial charge on any atom is 0.255 e. The standard InChI is InChI=1S/C21H24N4O2S/c1-27-18-8-4-2-6-16(18)20(26)22-10-11-24-12-14-25(15-13-24)21-23-17-7-3-5-9-19(17)28-21/h2-9H,10-15H2,1H3,(H,22,26). The van der Waals surface area contributed by atoms with Gasteiger partial charge in [0.15, 0.2) is 5.13 Å². The van der Waals surface area contributed by atoms with Crippen molar-refractivity contribution in [3.63, 3.8) is 0 Å². The van der Waals surface area contributed by atoms with Gasteiger partial charge in [0.05, 0.1) is 22.9 Å². The zero-order valence-corrected chi connectivity index (χ0v) is 16.7. The number of piperazine rings is 1. The molecule has 146 valence electrons. The molecule has 1 aliphatic rings. The summed E-state index contributed by atoms with van der Waals surface area (Å²) in [5.74, 6) is 0.509. The van der Waals surface area contributed by atoms with Crippen molar-refractivity contribution in [2.24, 2.45) is 0 Å². The summed E-state index contributed by atoms with van der Waals surface area (Å²) < 4.78 is 6.49. The van der Waals surface area contributed by atoms with Gasteiger partial charge in [0.1, 0.15) is 5.75 Å². The third kappa shape index (κ3) is 4.10. The van der Waals surface area contributed by atoms with Crippen LogP contribution in [0.3, 0.4) is 0 Å². The number of fused-ring (bicyclic) bond motifs is 1. The highest BCUT2D eigenvalue weighted by Crippen LogP contribution is 2.29. The van der Waals surface area contributed by atoms with E-state index in [9.17, 15) is 4.79 Å². The fourth-order valence-electron chi connectivity index (χ4n) is 3.41. The van der Waals surface area contributed by atoms with Crippen LogP contribution in [0.4, 0.5) is 5.13 Å². The number of amides is 1. The summed E-state index contributed by atoms with van der Waals surface area (Å²) >= 11 is 1.76. The first-order valence-electron chi connectivity index (χ1n) is 9.48. The van der Waals surface area contributed by atoms with Gasteiger partial charge in [-0.3, -0.25) is 9.69 Å². The number of rotatable bonds is 6. The number of anilines is 1. The van der Waals surface area contributed by atoms with Crippen molar-refractivity contribution in [3.8, 4) is 5.75 Å². The van der Waals surface area contributed by atoms with Gasteiger partial charge in [0.2, 0.25) is 0 Å². The van der Waals surface area contributed by atoms with Crippen LogP contribution < -0.4 is 15.0 Å². The first-order valence-corrected chi connectivity index (χ1v) is 10.3. The van der Waals surface area contributed by atoms with E-state index in [1.807, 2.05) is 18.2 Å². The summed E-state index contributed by atoms with van der Waals surface area (Å²) in [5.41, 5.74) is 1.65. The van der Waals surface area contributed by atoms with Crippen LogP contribution in [0.2, 0.25) is 0 Å². The Kier molecular flexibility index (Phi) is 5.73. The fourth-order valence-corrected chi connectivity index (χ4v) is 4.43. The zero-order chi connectivity index (χ0) is 19.3. The van der Waals surface area contributed by atoms with E-state index in [0.29, 0.717) is 17.9 Å². The molecule has 1 N–H and O–H groups in total. The van der Waals surface area contributed by atoms with Crippen LogP contribution in [-0.4, -0.2) is 62.2 Å². The van der Waals surface area contributed by atoms with Crippen molar-refractivity contribution in [1.29, 1.82) is 0 Å². The average molecular weight is 397 g/mol. The molecule has 0 radical (unpaired) electrons. The lowest BCUT2D eigenvalue weighted by molar-refractivity contribution is 0.0945. The first kappa shape index (κ1) is 18.7. The zero-order valence-electron chi connectivity index (χ0n) is 15.9. The average Bonchev–Trinajstić information content (AvgIpc) is 3.18. The van der Waals surface area contributed by atoms with Gasteiger partial charge >= 0.3 is 0 Å². The van der Waals surface area contributed by atoms with Gasteiger partial charge in [0, 0.05) is 39.3 Å². The Hall–Kier alpha value is -2.64. The Bertz CT molecular complexity index is 917. The second-order valence-corrected chi connectivity index (χ2v) is 7.76. The minimum Gasteiger partial charge on any atom is -0.496 e. The van der Waals surface area contributed by atoms with Crippen molar-refractivity contribution in [1.82, 2.24) is 15.2 Å². The summed E-state index contributed by atoms with van der Waals surface area (Å²) in [7, 11) is 1.58.